The van der Waals surface area contributed by atoms with Crippen LogP contribution in [-0.4, -0.2) is 24.8 Å². The number of nitrogens with zero attached hydrogens (tertiary/aromatic N) is 2. The highest BCUT2D eigenvalue weighted by molar-refractivity contribution is 7.92. The summed E-state index contributed by atoms with van der Waals surface area (Å²) in [4.78, 5) is 0.122. The van der Waals surface area contributed by atoms with E-state index in [1.807, 2.05) is 6.92 Å². The van der Waals surface area contributed by atoms with Gasteiger partial charge in [0.2, 0.25) is 0 Å². The van der Waals surface area contributed by atoms with Crippen LogP contribution in [0.15, 0.2) is 35.4 Å². The zero-order chi connectivity index (χ0) is 15.5. The van der Waals surface area contributed by atoms with Crippen LogP contribution in [0.1, 0.15) is 12.5 Å². The molecule has 1 aromatic heterocycles. The first-order valence-corrected chi connectivity index (χ1v) is 7.93. The molecular weight excluding hydrogens is 292 g/mol. The fourth-order valence-corrected chi connectivity index (χ4v) is 2.89. The zero-order valence-corrected chi connectivity index (χ0v) is 12.7. The first kappa shape index (κ1) is 15.3. The lowest BCUT2D eigenvalue weighted by Crippen LogP contribution is -2.14. The first-order chi connectivity index (χ1) is 9.96. The summed E-state index contributed by atoms with van der Waals surface area (Å²) in [5.41, 5.74) is 6.28. The molecule has 0 aliphatic heterocycles. The SMILES string of the molecule is CCOc1ccc(S(=O)(=O)Nc2ccn(C)n2)cc1CN. The number of sulfonamides is 1. The van der Waals surface area contributed by atoms with Crippen molar-refractivity contribution in [2.24, 2.45) is 12.8 Å². The Labute approximate surface area is 123 Å². The van der Waals surface area contributed by atoms with Gasteiger partial charge in [-0.3, -0.25) is 9.40 Å². The van der Waals surface area contributed by atoms with Gasteiger partial charge in [-0.25, -0.2) is 8.42 Å². The number of anilines is 1. The fraction of sp³-hybridized carbons (Fsp3) is 0.308. The molecule has 0 saturated carbocycles. The summed E-state index contributed by atoms with van der Waals surface area (Å²) in [5.74, 6) is 0.859. The van der Waals surface area contributed by atoms with E-state index in [1.54, 1.807) is 25.4 Å². The highest BCUT2D eigenvalue weighted by Crippen LogP contribution is 2.23. The second-order valence-electron chi connectivity index (χ2n) is 4.39. The van der Waals surface area contributed by atoms with E-state index in [9.17, 15) is 8.42 Å². The maximum atomic E-state index is 12.3. The monoisotopic (exact) mass is 310 g/mol. The van der Waals surface area contributed by atoms with E-state index in [4.69, 9.17) is 10.5 Å². The molecule has 0 fully saturated rings. The lowest BCUT2D eigenvalue weighted by Gasteiger charge is -2.11. The van der Waals surface area contributed by atoms with Crippen molar-refractivity contribution in [3.05, 3.63) is 36.0 Å². The number of ether oxygens (including phenoxy) is 1. The van der Waals surface area contributed by atoms with E-state index in [0.717, 1.165) is 0 Å². The van der Waals surface area contributed by atoms with E-state index in [1.165, 1.54) is 16.8 Å². The van der Waals surface area contributed by atoms with Crippen molar-refractivity contribution < 1.29 is 13.2 Å². The largest absolute Gasteiger partial charge is 0.494 e. The third kappa shape index (κ3) is 3.53. The molecule has 0 aliphatic rings. The Hall–Kier alpha value is -2.06. The zero-order valence-electron chi connectivity index (χ0n) is 11.9. The molecular formula is C13H18N4O3S. The number of hydrogen-bond donors (Lipinski definition) is 2. The number of benzene rings is 1. The van der Waals surface area contributed by atoms with Gasteiger partial charge in [-0.05, 0) is 25.1 Å². The quantitative estimate of drug-likeness (QED) is 0.831. The summed E-state index contributed by atoms with van der Waals surface area (Å²) in [5, 5.41) is 3.99. The summed E-state index contributed by atoms with van der Waals surface area (Å²) in [6.07, 6.45) is 1.65. The molecule has 1 aromatic carbocycles. The van der Waals surface area contributed by atoms with E-state index in [0.29, 0.717) is 17.9 Å². The van der Waals surface area contributed by atoms with Gasteiger partial charge in [0.25, 0.3) is 10.0 Å². The molecule has 0 unspecified atom stereocenters. The Balaban J connectivity index is 2.31. The average Bonchev–Trinajstić information content (AvgIpc) is 2.84. The summed E-state index contributed by atoms with van der Waals surface area (Å²) in [6, 6.07) is 6.18. The summed E-state index contributed by atoms with van der Waals surface area (Å²) in [7, 11) is -1.99. The van der Waals surface area contributed by atoms with E-state index >= 15 is 0 Å². The van der Waals surface area contributed by atoms with Crippen LogP contribution in [0.2, 0.25) is 0 Å². The molecule has 3 N–H and O–H groups in total. The van der Waals surface area contributed by atoms with E-state index < -0.39 is 10.0 Å². The van der Waals surface area contributed by atoms with Gasteiger partial charge < -0.3 is 10.5 Å². The Morgan fingerprint density at radius 3 is 2.71 bits per heavy atom. The second kappa shape index (κ2) is 6.15. The molecule has 7 nitrogen and oxygen atoms in total. The topological polar surface area (TPSA) is 99.2 Å². The molecule has 114 valence electrons. The molecule has 0 saturated heterocycles. The van der Waals surface area contributed by atoms with Crippen LogP contribution < -0.4 is 15.2 Å². The third-order valence-electron chi connectivity index (χ3n) is 2.81. The van der Waals surface area contributed by atoms with E-state index in [2.05, 4.69) is 9.82 Å². The predicted octanol–water partition coefficient (Wildman–Crippen LogP) is 1.08. The fourth-order valence-electron chi connectivity index (χ4n) is 1.84. The first-order valence-electron chi connectivity index (χ1n) is 6.44. The van der Waals surface area contributed by atoms with Crippen molar-refractivity contribution in [2.75, 3.05) is 11.3 Å². The Morgan fingerprint density at radius 2 is 2.14 bits per heavy atom. The Morgan fingerprint density at radius 1 is 1.38 bits per heavy atom. The molecule has 21 heavy (non-hydrogen) atoms. The Bertz CT molecular complexity index is 725. The summed E-state index contributed by atoms with van der Waals surface area (Å²) < 4.78 is 34.0. The number of aromatic nitrogens is 2. The minimum absolute atomic E-state index is 0.122. The highest BCUT2D eigenvalue weighted by atomic mass is 32.2. The van der Waals surface area contributed by atoms with Gasteiger partial charge in [-0.15, -0.1) is 0 Å². The van der Waals surface area contributed by atoms with Gasteiger partial charge in [0.05, 0.1) is 11.5 Å². The molecule has 0 aliphatic carbocycles. The Kier molecular flexibility index (Phi) is 4.49. The van der Waals surface area contributed by atoms with Crippen LogP contribution in [0.5, 0.6) is 5.75 Å². The van der Waals surface area contributed by atoms with Gasteiger partial charge in [0.15, 0.2) is 5.82 Å². The van der Waals surface area contributed by atoms with Crippen molar-refractivity contribution in [3.8, 4) is 5.75 Å². The normalized spacial score (nSPS) is 11.4. The molecule has 0 bridgehead atoms. The maximum Gasteiger partial charge on any atom is 0.263 e. The third-order valence-corrected chi connectivity index (χ3v) is 4.17. The number of aryl methyl sites for hydroxylation is 1. The van der Waals surface area contributed by atoms with Crippen LogP contribution in [0.3, 0.4) is 0 Å². The van der Waals surface area contributed by atoms with Crippen molar-refractivity contribution in [1.82, 2.24) is 9.78 Å². The van der Waals surface area contributed by atoms with Crippen LogP contribution in [-0.2, 0) is 23.6 Å². The molecule has 0 spiro atoms. The van der Waals surface area contributed by atoms with Crippen molar-refractivity contribution in [2.45, 2.75) is 18.4 Å². The van der Waals surface area contributed by atoms with E-state index in [-0.39, 0.29) is 17.3 Å². The second-order valence-corrected chi connectivity index (χ2v) is 6.07. The minimum atomic E-state index is -3.70. The lowest BCUT2D eigenvalue weighted by molar-refractivity contribution is 0.336. The molecule has 2 aromatic rings. The van der Waals surface area contributed by atoms with Gasteiger partial charge in [0, 0.05) is 31.4 Å². The van der Waals surface area contributed by atoms with Gasteiger partial charge >= 0.3 is 0 Å². The standard InChI is InChI=1S/C13H18N4O3S/c1-3-20-12-5-4-11(8-10(12)9-14)21(18,19)16-13-6-7-17(2)15-13/h4-8H,3,9,14H2,1-2H3,(H,15,16). The minimum Gasteiger partial charge on any atom is -0.494 e. The number of nitrogens with one attached hydrogen (secondary N) is 1. The van der Waals surface area contributed by atoms with Gasteiger partial charge in [-0.1, -0.05) is 0 Å². The molecule has 2 rings (SSSR count). The molecule has 1 heterocycles. The predicted molar refractivity (Wildman–Crippen MR) is 79.5 cm³/mol. The number of hydrogen-bond acceptors (Lipinski definition) is 5. The lowest BCUT2D eigenvalue weighted by atomic mass is 10.2. The van der Waals surface area contributed by atoms with Crippen LogP contribution in [0.25, 0.3) is 0 Å². The average molecular weight is 310 g/mol. The van der Waals surface area contributed by atoms with Crippen molar-refractivity contribution in [3.63, 3.8) is 0 Å². The number of nitrogens with two attached hydrogens (primary N) is 1. The smallest absolute Gasteiger partial charge is 0.263 e. The molecule has 8 heteroatoms. The molecule has 0 radical (unpaired) electrons. The summed E-state index contributed by atoms with van der Waals surface area (Å²) in [6.45, 7) is 2.54. The molecule has 0 atom stereocenters. The number of rotatable bonds is 6. The van der Waals surface area contributed by atoms with Crippen molar-refractivity contribution >= 4 is 15.8 Å². The van der Waals surface area contributed by atoms with Gasteiger partial charge in [-0.2, -0.15) is 5.10 Å². The van der Waals surface area contributed by atoms with Gasteiger partial charge in [0.1, 0.15) is 5.75 Å². The highest BCUT2D eigenvalue weighted by Gasteiger charge is 2.17. The molecule has 0 amide bonds. The van der Waals surface area contributed by atoms with Crippen LogP contribution in [0, 0.1) is 0 Å². The van der Waals surface area contributed by atoms with Crippen molar-refractivity contribution in [1.29, 1.82) is 0 Å². The summed E-state index contributed by atoms with van der Waals surface area (Å²) >= 11 is 0. The van der Waals surface area contributed by atoms with Crippen LogP contribution >= 0.6 is 0 Å². The maximum absolute atomic E-state index is 12.3. The van der Waals surface area contributed by atoms with Crippen LogP contribution in [0.4, 0.5) is 5.82 Å².